The Balaban J connectivity index is 3.73. The first-order chi connectivity index (χ1) is 6.11. The minimum absolute atomic E-state index is 0.0665. The summed E-state index contributed by atoms with van der Waals surface area (Å²) in [6, 6.07) is -0.620. The molecular formula is C8H18N2O3. The van der Waals surface area contributed by atoms with E-state index in [9.17, 15) is 4.79 Å². The Bertz CT molecular complexity index is 152. The van der Waals surface area contributed by atoms with Gasteiger partial charge < -0.3 is 21.3 Å². The van der Waals surface area contributed by atoms with Gasteiger partial charge in [-0.25, -0.2) is 0 Å². The predicted molar refractivity (Wildman–Crippen MR) is 49.4 cm³/mol. The lowest BCUT2D eigenvalue weighted by Gasteiger charge is -2.18. The summed E-state index contributed by atoms with van der Waals surface area (Å²) in [4.78, 5) is 10.5. The summed E-state index contributed by atoms with van der Waals surface area (Å²) in [6.07, 6.45) is 1.42. The number of carboxylic acid groups (broad SMARTS) is 1. The summed E-state index contributed by atoms with van der Waals surface area (Å²) in [5.74, 6) is -0.932. The maximum Gasteiger partial charge on any atom is 0.322 e. The zero-order valence-electron chi connectivity index (χ0n) is 7.86. The van der Waals surface area contributed by atoms with Crippen LogP contribution >= 0.6 is 0 Å². The van der Waals surface area contributed by atoms with Crippen molar-refractivity contribution >= 4 is 5.97 Å². The van der Waals surface area contributed by atoms with Crippen molar-refractivity contribution in [2.24, 2.45) is 5.73 Å². The maximum atomic E-state index is 10.5. The van der Waals surface area contributed by atoms with Crippen molar-refractivity contribution in [2.75, 3.05) is 13.2 Å². The highest BCUT2D eigenvalue weighted by atomic mass is 16.4. The van der Waals surface area contributed by atoms with Crippen LogP contribution in [0.4, 0.5) is 0 Å². The fourth-order valence-corrected chi connectivity index (χ4v) is 1.06. The van der Waals surface area contributed by atoms with Crippen LogP contribution in [0.5, 0.6) is 0 Å². The number of carboxylic acids is 1. The molecular weight excluding hydrogens is 172 g/mol. The number of nitrogens with two attached hydrogens (primary N) is 1. The normalized spacial score (nSPS) is 15.3. The molecule has 0 aromatic heterocycles. The largest absolute Gasteiger partial charge is 0.480 e. The van der Waals surface area contributed by atoms with E-state index in [0.29, 0.717) is 6.42 Å². The van der Waals surface area contributed by atoms with E-state index in [0.717, 1.165) is 6.42 Å². The number of nitrogens with one attached hydrogen (secondary N) is 1. The first-order valence-electron chi connectivity index (χ1n) is 4.41. The molecule has 0 aromatic rings. The van der Waals surface area contributed by atoms with Gasteiger partial charge in [-0.3, -0.25) is 4.79 Å². The minimum atomic E-state index is -0.932. The highest BCUT2D eigenvalue weighted by Gasteiger charge is 2.16. The molecule has 0 rings (SSSR count). The molecule has 0 aliphatic carbocycles. The zero-order chi connectivity index (χ0) is 10.3. The molecule has 13 heavy (non-hydrogen) atoms. The van der Waals surface area contributed by atoms with Gasteiger partial charge in [-0.05, 0) is 19.8 Å². The number of hydrogen-bond donors (Lipinski definition) is 4. The van der Waals surface area contributed by atoms with Gasteiger partial charge in [0.15, 0.2) is 0 Å². The lowest BCUT2D eigenvalue weighted by molar-refractivity contribution is -0.139. The summed E-state index contributed by atoms with van der Waals surface area (Å²) in [5.41, 5.74) is 5.26. The zero-order valence-corrected chi connectivity index (χ0v) is 7.86. The fraction of sp³-hybridized carbons (Fsp3) is 0.875. The second-order valence-electron chi connectivity index (χ2n) is 3.06. The molecule has 0 aliphatic rings. The van der Waals surface area contributed by atoms with E-state index in [-0.39, 0.29) is 19.2 Å². The molecule has 0 spiro atoms. The topological polar surface area (TPSA) is 95.6 Å². The van der Waals surface area contributed by atoms with E-state index in [4.69, 9.17) is 15.9 Å². The number of aliphatic hydroxyl groups is 1. The first-order valence-corrected chi connectivity index (χ1v) is 4.41. The molecule has 0 saturated carbocycles. The van der Waals surface area contributed by atoms with Crippen molar-refractivity contribution in [2.45, 2.75) is 31.8 Å². The van der Waals surface area contributed by atoms with Gasteiger partial charge in [-0.1, -0.05) is 0 Å². The lowest BCUT2D eigenvalue weighted by atomic mass is 10.1. The van der Waals surface area contributed by atoms with E-state index in [1.165, 1.54) is 0 Å². The van der Waals surface area contributed by atoms with Crippen LogP contribution in [0.1, 0.15) is 19.8 Å². The molecule has 5 N–H and O–H groups in total. The Hall–Kier alpha value is -0.650. The van der Waals surface area contributed by atoms with E-state index < -0.39 is 12.0 Å². The molecule has 0 radical (unpaired) electrons. The van der Waals surface area contributed by atoms with Gasteiger partial charge in [0.25, 0.3) is 0 Å². The number of hydrogen-bond acceptors (Lipinski definition) is 4. The smallest absolute Gasteiger partial charge is 0.322 e. The maximum absolute atomic E-state index is 10.5. The fourth-order valence-electron chi connectivity index (χ4n) is 1.06. The van der Waals surface area contributed by atoms with Gasteiger partial charge in [-0.15, -0.1) is 0 Å². The van der Waals surface area contributed by atoms with Gasteiger partial charge in [0.2, 0.25) is 0 Å². The van der Waals surface area contributed by atoms with Gasteiger partial charge in [0.05, 0.1) is 0 Å². The third-order valence-corrected chi connectivity index (χ3v) is 1.81. The number of rotatable bonds is 7. The van der Waals surface area contributed by atoms with Crippen molar-refractivity contribution in [1.82, 2.24) is 5.32 Å². The molecule has 0 aromatic carbocycles. The average molecular weight is 190 g/mol. The quantitative estimate of drug-likeness (QED) is 0.419. The van der Waals surface area contributed by atoms with E-state index in [1.54, 1.807) is 0 Å². The number of carbonyl (C=O) groups is 1. The first kappa shape index (κ1) is 12.3. The molecule has 0 heterocycles. The Morgan fingerprint density at radius 1 is 1.62 bits per heavy atom. The van der Waals surface area contributed by atoms with Crippen LogP contribution in [0.2, 0.25) is 0 Å². The molecule has 2 atom stereocenters. The van der Waals surface area contributed by atoms with Crippen LogP contribution in [0.3, 0.4) is 0 Å². The molecule has 0 aliphatic heterocycles. The van der Waals surface area contributed by atoms with Crippen molar-refractivity contribution in [3.05, 3.63) is 0 Å². The molecule has 0 saturated heterocycles. The van der Waals surface area contributed by atoms with Crippen molar-refractivity contribution in [3.63, 3.8) is 0 Å². The second-order valence-corrected chi connectivity index (χ2v) is 3.06. The summed E-state index contributed by atoms with van der Waals surface area (Å²) in [6.45, 7) is 2.09. The Morgan fingerprint density at radius 3 is 2.62 bits per heavy atom. The molecule has 5 heteroatoms. The number of aliphatic hydroxyl groups excluding tert-OH is 1. The second kappa shape index (κ2) is 6.82. The third-order valence-electron chi connectivity index (χ3n) is 1.81. The SMILES string of the molecule is CC(CCCO)NC(CN)C(=O)O. The Kier molecular flexibility index (Phi) is 6.48. The van der Waals surface area contributed by atoms with E-state index in [2.05, 4.69) is 5.32 Å². The Labute approximate surface area is 77.9 Å². The summed E-state index contributed by atoms with van der Waals surface area (Å²) in [7, 11) is 0. The van der Waals surface area contributed by atoms with E-state index >= 15 is 0 Å². The van der Waals surface area contributed by atoms with E-state index in [1.807, 2.05) is 6.92 Å². The summed E-state index contributed by atoms with van der Waals surface area (Å²) < 4.78 is 0. The van der Waals surface area contributed by atoms with Gasteiger partial charge >= 0.3 is 5.97 Å². The lowest BCUT2D eigenvalue weighted by Crippen LogP contribution is -2.46. The van der Waals surface area contributed by atoms with Crippen molar-refractivity contribution in [3.8, 4) is 0 Å². The van der Waals surface area contributed by atoms with Gasteiger partial charge in [0, 0.05) is 19.2 Å². The van der Waals surface area contributed by atoms with Gasteiger partial charge in [0.1, 0.15) is 6.04 Å². The van der Waals surface area contributed by atoms with Gasteiger partial charge in [-0.2, -0.15) is 0 Å². The molecule has 0 fully saturated rings. The van der Waals surface area contributed by atoms with Crippen molar-refractivity contribution < 1.29 is 15.0 Å². The predicted octanol–water partition coefficient (Wildman–Crippen LogP) is -0.851. The summed E-state index contributed by atoms with van der Waals surface area (Å²) >= 11 is 0. The van der Waals surface area contributed by atoms with Crippen molar-refractivity contribution in [1.29, 1.82) is 0 Å². The summed E-state index contributed by atoms with van der Waals surface area (Å²) in [5, 5.41) is 20.1. The Morgan fingerprint density at radius 2 is 2.23 bits per heavy atom. The number of aliphatic carboxylic acids is 1. The van der Waals surface area contributed by atoms with Crippen LogP contribution in [-0.2, 0) is 4.79 Å². The standard InChI is InChI=1S/C8H18N2O3/c1-6(3-2-4-11)10-7(5-9)8(12)13/h6-7,10-11H,2-5,9H2,1H3,(H,12,13). The van der Waals surface area contributed by atoms with Crippen LogP contribution in [0.25, 0.3) is 0 Å². The van der Waals surface area contributed by atoms with Crippen LogP contribution in [-0.4, -0.2) is 41.4 Å². The third kappa shape index (κ3) is 5.57. The van der Waals surface area contributed by atoms with Crippen LogP contribution in [0.15, 0.2) is 0 Å². The van der Waals surface area contributed by atoms with Crippen LogP contribution in [0, 0.1) is 0 Å². The molecule has 0 bridgehead atoms. The highest BCUT2D eigenvalue weighted by molar-refractivity contribution is 5.73. The molecule has 2 unspecified atom stereocenters. The monoisotopic (exact) mass is 190 g/mol. The molecule has 78 valence electrons. The average Bonchev–Trinajstić information content (AvgIpc) is 2.10. The molecule has 0 amide bonds. The van der Waals surface area contributed by atoms with Crippen LogP contribution < -0.4 is 11.1 Å². The molecule has 5 nitrogen and oxygen atoms in total. The highest BCUT2D eigenvalue weighted by Crippen LogP contribution is 1.96. The minimum Gasteiger partial charge on any atom is -0.480 e.